The number of ether oxygens (including phenoxy) is 2. The van der Waals surface area contributed by atoms with Crippen LogP contribution in [0.5, 0.6) is 0 Å². The number of unbranched alkanes of at least 4 members (excludes halogenated alkanes) is 1. The number of carbonyl (C=O) groups excluding carboxylic acids is 2. The molecule has 4 heteroatoms. The van der Waals surface area contributed by atoms with Crippen molar-refractivity contribution < 1.29 is 19.1 Å². The molecule has 1 aliphatic rings. The third-order valence-corrected chi connectivity index (χ3v) is 3.67. The fourth-order valence-electron chi connectivity index (χ4n) is 2.41. The van der Waals surface area contributed by atoms with Gasteiger partial charge < -0.3 is 9.47 Å². The van der Waals surface area contributed by atoms with E-state index in [0.29, 0.717) is 19.3 Å². The summed E-state index contributed by atoms with van der Waals surface area (Å²) in [5.74, 6) is -0.924. The highest BCUT2D eigenvalue weighted by Gasteiger charge is 2.49. The van der Waals surface area contributed by atoms with E-state index < -0.39 is 17.4 Å². The first-order valence-corrected chi connectivity index (χ1v) is 7.80. The number of rotatable bonds is 7. The molecule has 0 amide bonds. The van der Waals surface area contributed by atoms with Gasteiger partial charge in [-0.2, -0.15) is 0 Å². The standard InChI is InChI=1S/C17H26O4/c1-4-7-8-9-14-10-12-17(13-11-14,15(18)20-5-2)16(19)21-6-3/h8-10H,4-7,11-13H2,1-3H3/b9-8+. The van der Waals surface area contributed by atoms with Crippen LogP contribution in [0.15, 0.2) is 23.8 Å². The van der Waals surface area contributed by atoms with Crippen LogP contribution in [0.2, 0.25) is 0 Å². The second-order valence-electron chi connectivity index (χ2n) is 5.20. The average molecular weight is 294 g/mol. The summed E-state index contributed by atoms with van der Waals surface area (Å²) in [6, 6.07) is 0. The third kappa shape index (κ3) is 4.45. The Kier molecular flexibility index (Phi) is 7.20. The minimum atomic E-state index is -1.16. The zero-order chi connectivity index (χ0) is 15.7. The van der Waals surface area contributed by atoms with Crippen molar-refractivity contribution in [2.75, 3.05) is 13.2 Å². The Bertz CT molecular complexity index is 403. The van der Waals surface area contributed by atoms with Gasteiger partial charge in [-0.05, 0) is 39.5 Å². The maximum atomic E-state index is 12.2. The van der Waals surface area contributed by atoms with E-state index in [-0.39, 0.29) is 13.2 Å². The summed E-state index contributed by atoms with van der Waals surface area (Å²) >= 11 is 0. The fraction of sp³-hybridized carbons (Fsp3) is 0.647. The van der Waals surface area contributed by atoms with Gasteiger partial charge in [-0.3, -0.25) is 9.59 Å². The van der Waals surface area contributed by atoms with Gasteiger partial charge in [0.2, 0.25) is 0 Å². The monoisotopic (exact) mass is 294 g/mol. The fourth-order valence-corrected chi connectivity index (χ4v) is 2.41. The van der Waals surface area contributed by atoms with Crippen molar-refractivity contribution in [3.63, 3.8) is 0 Å². The number of esters is 2. The molecule has 0 N–H and O–H groups in total. The van der Waals surface area contributed by atoms with E-state index in [1.165, 1.54) is 5.57 Å². The second-order valence-corrected chi connectivity index (χ2v) is 5.20. The molecular formula is C17H26O4. The highest BCUT2D eigenvalue weighted by atomic mass is 16.6. The molecule has 0 unspecified atom stereocenters. The lowest BCUT2D eigenvalue weighted by molar-refractivity contribution is -0.172. The summed E-state index contributed by atoms with van der Waals surface area (Å²) in [5.41, 5.74) is 0.0152. The molecule has 0 aromatic carbocycles. The largest absolute Gasteiger partial charge is 0.465 e. The van der Waals surface area contributed by atoms with Gasteiger partial charge in [-0.15, -0.1) is 0 Å². The minimum absolute atomic E-state index is 0.271. The summed E-state index contributed by atoms with van der Waals surface area (Å²) < 4.78 is 10.2. The third-order valence-electron chi connectivity index (χ3n) is 3.67. The van der Waals surface area contributed by atoms with Crippen LogP contribution in [0.1, 0.15) is 52.9 Å². The summed E-state index contributed by atoms with van der Waals surface area (Å²) in [4.78, 5) is 24.5. The number of carbonyl (C=O) groups is 2. The van der Waals surface area contributed by atoms with Crippen LogP contribution in [-0.2, 0) is 19.1 Å². The van der Waals surface area contributed by atoms with Crippen LogP contribution < -0.4 is 0 Å². The highest BCUT2D eigenvalue weighted by Crippen LogP contribution is 2.38. The van der Waals surface area contributed by atoms with Gasteiger partial charge in [0.15, 0.2) is 5.41 Å². The van der Waals surface area contributed by atoms with Crippen molar-refractivity contribution in [2.24, 2.45) is 5.41 Å². The molecule has 1 rings (SSSR count). The lowest BCUT2D eigenvalue weighted by Crippen LogP contribution is -2.43. The molecule has 1 aliphatic carbocycles. The van der Waals surface area contributed by atoms with Gasteiger partial charge in [0.25, 0.3) is 0 Å². The predicted molar refractivity (Wildman–Crippen MR) is 81.7 cm³/mol. The molecule has 0 saturated carbocycles. The summed E-state index contributed by atoms with van der Waals surface area (Å²) in [7, 11) is 0. The maximum Gasteiger partial charge on any atom is 0.323 e. The molecule has 0 spiro atoms. The maximum absolute atomic E-state index is 12.2. The Morgan fingerprint density at radius 2 is 1.81 bits per heavy atom. The van der Waals surface area contributed by atoms with Crippen molar-refractivity contribution >= 4 is 11.9 Å². The van der Waals surface area contributed by atoms with E-state index in [0.717, 1.165) is 12.8 Å². The Morgan fingerprint density at radius 1 is 1.19 bits per heavy atom. The van der Waals surface area contributed by atoms with Gasteiger partial charge in [0, 0.05) is 0 Å². The van der Waals surface area contributed by atoms with Crippen molar-refractivity contribution in [3.05, 3.63) is 23.8 Å². The van der Waals surface area contributed by atoms with E-state index in [1.807, 2.05) is 6.08 Å². The first-order valence-electron chi connectivity index (χ1n) is 7.80. The summed E-state index contributed by atoms with van der Waals surface area (Å²) in [5, 5.41) is 0. The first kappa shape index (κ1) is 17.5. The van der Waals surface area contributed by atoms with Crippen LogP contribution in [0.3, 0.4) is 0 Å². The van der Waals surface area contributed by atoms with E-state index in [1.54, 1.807) is 13.8 Å². The molecule has 0 bridgehead atoms. The van der Waals surface area contributed by atoms with E-state index in [2.05, 4.69) is 19.1 Å². The predicted octanol–water partition coefficient (Wildman–Crippen LogP) is 3.57. The molecule has 4 nitrogen and oxygen atoms in total. The van der Waals surface area contributed by atoms with Crippen molar-refractivity contribution in [2.45, 2.75) is 52.9 Å². The minimum Gasteiger partial charge on any atom is -0.465 e. The Balaban J connectivity index is 2.87. The topological polar surface area (TPSA) is 52.6 Å². The highest BCUT2D eigenvalue weighted by molar-refractivity contribution is 6.00. The molecule has 0 aromatic heterocycles. The number of hydrogen-bond donors (Lipinski definition) is 0. The van der Waals surface area contributed by atoms with Gasteiger partial charge in [0.1, 0.15) is 0 Å². The van der Waals surface area contributed by atoms with E-state index >= 15 is 0 Å². The lowest BCUT2D eigenvalue weighted by Gasteiger charge is -2.31. The summed E-state index contributed by atoms with van der Waals surface area (Å²) in [6.45, 7) is 6.16. The second kappa shape index (κ2) is 8.65. The summed E-state index contributed by atoms with van der Waals surface area (Å²) in [6.07, 6.45) is 9.83. The molecule has 21 heavy (non-hydrogen) atoms. The Hall–Kier alpha value is -1.58. The van der Waals surface area contributed by atoms with Crippen molar-refractivity contribution in [1.29, 1.82) is 0 Å². The van der Waals surface area contributed by atoms with Gasteiger partial charge >= 0.3 is 11.9 Å². The zero-order valence-electron chi connectivity index (χ0n) is 13.3. The van der Waals surface area contributed by atoms with Crippen LogP contribution in [0.25, 0.3) is 0 Å². The average Bonchev–Trinajstić information content (AvgIpc) is 2.48. The van der Waals surface area contributed by atoms with Crippen LogP contribution in [0.4, 0.5) is 0 Å². The molecule has 0 aliphatic heterocycles. The van der Waals surface area contributed by atoms with Crippen LogP contribution in [0, 0.1) is 5.41 Å². The first-order chi connectivity index (χ1) is 10.1. The van der Waals surface area contributed by atoms with Gasteiger partial charge in [-0.1, -0.05) is 37.1 Å². The SMILES string of the molecule is CCC/C=C/C1=CCC(C(=O)OCC)(C(=O)OCC)CC1. The van der Waals surface area contributed by atoms with E-state index in [4.69, 9.17) is 9.47 Å². The molecule has 0 atom stereocenters. The molecule has 0 heterocycles. The quantitative estimate of drug-likeness (QED) is 0.532. The Labute approximate surface area is 127 Å². The number of allylic oxidation sites excluding steroid dienone is 4. The lowest BCUT2D eigenvalue weighted by atomic mass is 9.74. The molecule has 118 valence electrons. The van der Waals surface area contributed by atoms with E-state index in [9.17, 15) is 9.59 Å². The molecular weight excluding hydrogens is 268 g/mol. The van der Waals surface area contributed by atoms with Crippen molar-refractivity contribution in [1.82, 2.24) is 0 Å². The number of hydrogen-bond acceptors (Lipinski definition) is 4. The van der Waals surface area contributed by atoms with Crippen LogP contribution in [-0.4, -0.2) is 25.2 Å². The smallest absolute Gasteiger partial charge is 0.323 e. The zero-order valence-corrected chi connectivity index (χ0v) is 13.3. The molecule has 0 saturated heterocycles. The Morgan fingerprint density at radius 3 is 2.24 bits per heavy atom. The van der Waals surface area contributed by atoms with Crippen molar-refractivity contribution in [3.8, 4) is 0 Å². The molecule has 0 aromatic rings. The molecule has 0 fully saturated rings. The normalized spacial score (nSPS) is 17.4. The van der Waals surface area contributed by atoms with Gasteiger partial charge in [0.05, 0.1) is 13.2 Å². The van der Waals surface area contributed by atoms with Crippen LogP contribution >= 0.6 is 0 Å². The molecule has 0 radical (unpaired) electrons. The van der Waals surface area contributed by atoms with Gasteiger partial charge in [-0.25, -0.2) is 0 Å².